The van der Waals surface area contributed by atoms with Crippen molar-refractivity contribution in [2.45, 2.75) is 6.61 Å². The fourth-order valence-electron chi connectivity index (χ4n) is 2.90. The van der Waals surface area contributed by atoms with E-state index in [1.807, 2.05) is 6.07 Å². The van der Waals surface area contributed by atoms with Crippen LogP contribution in [0.1, 0.15) is 5.56 Å². The molecule has 140 valence electrons. The van der Waals surface area contributed by atoms with E-state index >= 15 is 0 Å². The van der Waals surface area contributed by atoms with Gasteiger partial charge in [0.1, 0.15) is 18.2 Å². The number of nitrogens with one attached hydrogen (secondary N) is 1. The van der Waals surface area contributed by atoms with Crippen molar-refractivity contribution in [2.75, 3.05) is 7.11 Å². The molecule has 0 atom stereocenters. The molecule has 0 aliphatic carbocycles. The van der Waals surface area contributed by atoms with Crippen molar-refractivity contribution in [1.82, 2.24) is 9.97 Å². The van der Waals surface area contributed by atoms with Gasteiger partial charge in [0.25, 0.3) is 5.56 Å². The van der Waals surface area contributed by atoms with Gasteiger partial charge in [-0.2, -0.15) is 0 Å². The SMILES string of the molecule is COc1cc(-c2nc3ccccc3c(=O)[nH]2)ccc1OCc1ccc(F)cc1. The second-order valence-corrected chi connectivity index (χ2v) is 6.21. The average Bonchev–Trinajstić information content (AvgIpc) is 2.73. The van der Waals surface area contributed by atoms with Gasteiger partial charge in [0.15, 0.2) is 11.5 Å². The van der Waals surface area contributed by atoms with E-state index in [1.165, 1.54) is 12.1 Å². The van der Waals surface area contributed by atoms with Gasteiger partial charge in [-0.25, -0.2) is 9.37 Å². The lowest BCUT2D eigenvalue weighted by molar-refractivity contribution is 0.284. The van der Waals surface area contributed by atoms with Crippen LogP contribution in [0.15, 0.2) is 71.5 Å². The van der Waals surface area contributed by atoms with Crippen molar-refractivity contribution in [2.24, 2.45) is 0 Å². The molecule has 0 aliphatic heterocycles. The normalized spacial score (nSPS) is 10.8. The number of ether oxygens (including phenoxy) is 2. The summed E-state index contributed by atoms with van der Waals surface area (Å²) in [5.74, 6) is 1.21. The van der Waals surface area contributed by atoms with E-state index in [9.17, 15) is 9.18 Å². The molecule has 0 spiro atoms. The van der Waals surface area contributed by atoms with Crippen LogP contribution in [0.25, 0.3) is 22.3 Å². The van der Waals surface area contributed by atoms with Crippen molar-refractivity contribution in [1.29, 1.82) is 0 Å². The summed E-state index contributed by atoms with van der Waals surface area (Å²) in [6.07, 6.45) is 0. The van der Waals surface area contributed by atoms with E-state index in [1.54, 1.807) is 55.6 Å². The highest BCUT2D eigenvalue weighted by atomic mass is 19.1. The van der Waals surface area contributed by atoms with E-state index in [-0.39, 0.29) is 18.0 Å². The van der Waals surface area contributed by atoms with Crippen LogP contribution in [0.2, 0.25) is 0 Å². The van der Waals surface area contributed by atoms with Crippen molar-refractivity contribution >= 4 is 10.9 Å². The molecular weight excluding hydrogens is 359 g/mol. The largest absolute Gasteiger partial charge is 0.493 e. The van der Waals surface area contributed by atoms with Crippen molar-refractivity contribution in [3.05, 3.63) is 88.5 Å². The number of hydrogen-bond acceptors (Lipinski definition) is 4. The minimum absolute atomic E-state index is 0.198. The van der Waals surface area contributed by atoms with Crippen molar-refractivity contribution in [3.63, 3.8) is 0 Å². The lowest BCUT2D eigenvalue weighted by Crippen LogP contribution is -2.09. The molecule has 0 fully saturated rings. The Labute approximate surface area is 160 Å². The molecule has 0 amide bonds. The first-order valence-electron chi connectivity index (χ1n) is 8.69. The first-order valence-corrected chi connectivity index (χ1v) is 8.69. The maximum Gasteiger partial charge on any atom is 0.259 e. The van der Waals surface area contributed by atoms with Crippen molar-refractivity contribution in [3.8, 4) is 22.9 Å². The monoisotopic (exact) mass is 376 g/mol. The third kappa shape index (κ3) is 3.57. The third-order valence-corrected chi connectivity index (χ3v) is 4.36. The number of H-pyrrole nitrogens is 1. The number of fused-ring (bicyclic) bond motifs is 1. The van der Waals surface area contributed by atoms with Crippen LogP contribution in [-0.4, -0.2) is 17.1 Å². The zero-order valence-corrected chi connectivity index (χ0v) is 15.1. The predicted molar refractivity (Wildman–Crippen MR) is 105 cm³/mol. The summed E-state index contributed by atoms with van der Waals surface area (Å²) in [5.41, 5.74) is 1.97. The van der Waals surface area contributed by atoms with Gasteiger partial charge in [0.05, 0.1) is 18.0 Å². The third-order valence-electron chi connectivity index (χ3n) is 4.36. The van der Waals surface area contributed by atoms with Gasteiger partial charge in [-0.3, -0.25) is 4.79 Å². The van der Waals surface area contributed by atoms with Gasteiger partial charge in [0.2, 0.25) is 0 Å². The molecule has 6 heteroatoms. The number of hydrogen-bond donors (Lipinski definition) is 1. The van der Waals surface area contributed by atoms with Gasteiger partial charge in [-0.1, -0.05) is 24.3 Å². The summed E-state index contributed by atoms with van der Waals surface area (Å²) in [6.45, 7) is 0.279. The van der Waals surface area contributed by atoms with E-state index in [4.69, 9.17) is 9.47 Å². The zero-order chi connectivity index (χ0) is 19.5. The van der Waals surface area contributed by atoms with Crippen LogP contribution in [0.4, 0.5) is 4.39 Å². The van der Waals surface area contributed by atoms with Crippen LogP contribution < -0.4 is 15.0 Å². The maximum absolute atomic E-state index is 13.0. The number of halogens is 1. The Kier molecular flexibility index (Phi) is 4.76. The molecular formula is C22H17FN2O3. The summed E-state index contributed by atoms with van der Waals surface area (Å²) in [4.78, 5) is 19.6. The Hall–Kier alpha value is -3.67. The van der Waals surface area contributed by atoms with Gasteiger partial charge in [-0.05, 0) is 48.0 Å². The number of nitrogens with zero attached hydrogens (tertiary/aromatic N) is 1. The minimum atomic E-state index is -0.289. The lowest BCUT2D eigenvalue weighted by atomic mass is 10.1. The molecule has 1 aromatic heterocycles. The molecule has 5 nitrogen and oxygen atoms in total. The summed E-state index contributed by atoms with van der Waals surface area (Å²) in [5, 5.41) is 0.539. The van der Waals surface area contributed by atoms with Gasteiger partial charge >= 0.3 is 0 Å². The first-order chi connectivity index (χ1) is 13.6. The van der Waals surface area contributed by atoms with Crippen LogP contribution in [-0.2, 0) is 6.61 Å². The Morgan fingerprint density at radius 2 is 1.79 bits per heavy atom. The van der Waals surface area contributed by atoms with E-state index in [0.717, 1.165) is 5.56 Å². The molecule has 1 N–H and O–H groups in total. The molecule has 0 aliphatic rings. The van der Waals surface area contributed by atoms with Gasteiger partial charge < -0.3 is 14.5 Å². The molecule has 0 saturated carbocycles. The Bertz CT molecular complexity index is 1190. The molecule has 4 aromatic rings. The van der Waals surface area contributed by atoms with Gasteiger partial charge in [-0.15, -0.1) is 0 Å². The number of rotatable bonds is 5. The summed E-state index contributed by atoms with van der Waals surface area (Å²) >= 11 is 0. The fraction of sp³-hybridized carbons (Fsp3) is 0.0909. The van der Waals surface area contributed by atoms with E-state index in [0.29, 0.717) is 33.8 Å². The molecule has 3 aromatic carbocycles. The highest BCUT2D eigenvalue weighted by Gasteiger charge is 2.11. The van der Waals surface area contributed by atoms with Crippen LogP contribution in [0.5, 0.6) is 11.5 Å². The second kappa shape index (κ2) is 7.52. The summed E-state index contributed by atoms with van der Waals surface area (Å²) in [6, 6.07) is 18.6. The molecule has 0 saturated heterocycles. The number of benzene rings is 3. The Morgan fingerprint density at radius 1 is 1.00 bits per heavy atom. The zero-order valence-electron chi connectivity index (χ0n) is 15.1. The van der Waals surface area contributed by atoms with Gasteiger partial charge in [0, 0.05) is 5.56 Å². The van der Waals surface area contributed by atoms with E-state index in [2.05, 4.69) is 9.97 Å². The fourth-order valence-corrected chi connectivity index (χ4v) is 2.90. The molecule has 0 unspecified atom stereocenters. The maximum atomic E-state index is 13.0. The van der Waals surface area contributed by atoms with Crippen LogP contribution in [0, 0.1) is 5.82 Å². The standard InChI is InChI=1S/C22H17FN2O3/c1-27-20-12-15(21-24-18-5-3-2-4-17(18)22(26)25-21)8-11-19(20)28-13-14-6-9-16(23)10-7-14/h2-12H,13H2,1H3,(H,24,25,26). The number of para-hydroxylation sites is 1. The average molecular weight is 376 g/mol. The number of aromatic amines is 1. The van der Waals surface area contributed by atoms with E-state index < -0.39 is 0 Å². The molecule has 0 bridgehead atoms. The Morgan fingerprint density at radius 3 is 2.57 bits per heavy atom. The summed E-state index contributed by atoms with van der Waals surface area (Å²) in [7, 11) is 1.54. The molecule has 28 heavy (non-hydrogen) atoms. The smallest absolute Gasteiger partial charge is 0.259 e. The molecule has 0 radical (unpaired) electrons. The van der Waals surface area contributed by atoms with Crippen LogP contribution in [0.3, 0.4) is 0 Å². The van der Waals surface area contributed by atoms with Crippen molar-refractivity contribution < 1.29 is 13.9 Å². The minimum Gasteiger partial charge on any atom is -0.493 e. The predicted octanol–water partition coefficient (Wildman–Crippen LogP) is 4.32. The highest BCUT2D eigenvalue weighted by Crippen LogP contribution is 2.32. The topological polar surface area (TPSA) is 64.2 Å². The van der Waals surface area contributed by atoms with Crippen LogP contribution >= 0.6 is 0 Å². The molecule has 1 heterocycles. The summed E-state index contributed by atoms with van der Waals surface area (Å²) < 4.78 is 24.2. The molecule has 4 rings (SSSR count). The quantitative estimate of drug-likeness (QED) is 0.564. The Balaban J connectivity index is 1.63. The lowest BCUT2D eigenvalue weighted by Gasteiger charge is -2.12. The number of methoxy groups -OCH3 is 1. The number of aromatic nitrogens is 2. The highest BCUT2D eigenvalue weighted by molar-refractivity contribution is 5.79. The first kappa shape index (κ1) is 17.7. The second-order valence-electron chi connectivity index (χ2n) is 6.21.